The maximum absolute atomic E-state index is 3.38. The molecular formula is C16H27N. The molecule has 1 aromatic rings. The summed E-state index contributed by atoms with van der Waals surface area (Å²) >= 11 is 0. The van der Waals surface area contributed by atoms with E-state index in [-0.39, 0.29) is 11.0 Å². The largest absolute Gasteiger partial charge is 0.314 e. The maximum Gasteiger partial charge on any atom is 0.0162 e. The molecule has 1 heteroatoms. The Hall–Kier alpha value is -0.820. The van der Waals surface area contributed by atoms with Crippen LogP contribution in [0.3, 0.4) is 0 Å². The third-order valence-electron chi connectivity index (χ3n) is 3.52. The van der Waals surface area contributed by atoms with Crippen molar-refractivity contribution in [1.82, 2.24) is 5.32 Å². The van der Waals surface area contributed by atoms with E-state index >= 15 is 0 Å². The number of aryl methyl sites for hydroxylation is 1. The summed E-state index contributed by atoms with van der Waals surface area (Å²) in [4.78, 5) is 0. The minimum absolute atomic E-state index is 0.154. The highest BCUT2D eigenvalue weighted by molar-refractivity contribution is 5.35. The summed E-state index contributed by atoms with van der Waals surface area (Å²) in [6, 6.07) is 6.88. The highest BCUT2D eigenvalue weighted by Gasteiger charge is 2.19. The fraction of sp³-hybridized carbons (Fsp3) is 0.625. The van der Waals surface area contributed by atoms with Crippen molar-refractivity contribution in [3.8, 4) is 0 Å². The van der Waals surface area contributed by atoms with Gasteiger partial charge in [-0.2, -0.15) is 0 Å². The van der Waals surface area contributed by atoms with E-state index in [1.54, 1.807) is 0 Å². The van der Waals surface area contributed by atoms with Gasteiger partial charge in [0.15, 0.2) is 0 Å². The molecule has 1 aromatic carbocycles. The van der Waals surface area contributed by atoms with Gasteiger partial charge in [0.2, 0.25) is 0 Å². The molecule has 0 unspecified atom stereocenters. The summed E-state index contributed by atoms with van der Waals surface area (Å²) in [6.45, 7) is 13.5. The fourth-order valence-corrected chi connectivity index (χ4v) is 1.89. The Morgan fingerprint density at radius 1 is 1.06 bits per heavy atom. The molecule has 0 fully saturated rings. The van der Waals surface area contributed by atoms with E-state index in [0.717, 1.165) is 6.42 Å². The van der Waals surface area contributed by atoms with Crippen LogP contribution in [0.2, 0.25) is 0 Å². The molecule has 17 heavy (non-hydrogen) atoms. The molecule has 0 bridgehead atoms. The van der Waals surface area contributed by atoms with Crippen LogP contribution in [0.15, 0.2) is 18.2 Å². The van der Waals surface area contributed by atoms with Crippen molar-refractivity contribution >= 4 is 0 Å². The molecule has 0 saturated carbocycles. The van der Waals surface area contributed by atoms with Gasteiger partial charge in [-0.1, -0.05) is 39.0 Å². The molecule has 96 valence electrons. The van der Waals surface area contributed by atoms with Crippen LogP contribution in [0.4, 0.5) is 0 Å². The van der Waals surface area contributed by atoms with E-state index in [1.807, 2.05) is 7.05 Å². The fourth-order valence-electron chi connectivity index (χ4n) is 1.89. The Morgan fingerprint density at radius 3 is 2.12 bits per heavy atom. The van der Waals surface area contributed by atoms with Gasteiger partial charge in [0.25, 0.3) is 0 Å². The van der Waals surface area contributed by atoms with Crippen molar-refractivity contribution in [2.45, 2.75) is 58.9 Å². The van der Waals surface area contributed by atoms with Gasteiger partial charge in [-0.25, -0.2) is 0 Å². The minimum Gasteiger partial charge on any atom is -0.314 e. The van der Waals surface area contributed by atoms with Crippen molar-refractivity contribution in [1.29, 1.82) is 0 Å². The van der Waals surface area contributed by atoms with Gasteiger partial charge in [0.05, 0.1) is 0 Å². The molecule has 0 saturated heterocycles. The minimum atomic E-state index is 0.154. The summed E-state index contributed by atoms with van der Waals surface area (Å²) in [5.74, 6) is 0. The zero-order chi connectivity index (χ0) is 13.3. The van der Waals surface area contributed by atoms with Gasteiger partial charge in [0.1, 0.15) is 0 Å². The van der Waals surface area contributed by atoms with Gasteiger partial charge in [-0.15, -0.1) is 0 Å². The third-order valence-corrected chi connectivity index (χ3v) is 3.52. The predicted molar refractivity (Wildman–Crippen MR) is 76.7 cm³/mol. The molecule has 0 aliphatic rings. The van der Waals surface area contributed by atoms with Crippen LogP contribution < -0.4 is 5.32 Å². The molecule has 0 aromatic heterocycles. The second-order valence-electron chi connectivity index (χ2n) is 6.70. The lowest BCUT2D eigenvalue weighted by atomic mass is 9.83. The van der Waals surface area contributed by atoms with Crippen LogP contribution >= 0.6 is 0 Å². The van der Waals surface area contributed by atoms with E-state index in [0.29, 0.717) is 0 Å². The standard InChI is InChI=1S/C16H27N/c1-12-8-9-14(15(2,3)4)10-13(12)11-16(5,6)17-7/h8-10,17H,11H2,1-7H3. The zero-order valence-electron chi connectivity index (χ0n) is 12.4. The van der Waals surface area contributed by atoms with E-state index in [4.69, 9.17) is 0 Å². The van der Waals surface area contributed by atoms with E-state index < -0.39 is 0 Å². The molecule has 1 nitrogen and oxygen atoms in total. The Kier molecular flexibility index (Phi) is 4.03. The molecule has 0 atom stereocenters. The van der Waals surface area contributed by atoms with Crippen LogP contribution in [-0.4, -0.2) is 12.6 Å². The summed E-state index contributed by atoms with van der Waals surface area (Å²) in [5.41, 5.74) is 4.65. The van der Waals surface area contributed by atoms with E-state index in [1.165, 1.54) is 16.7 Å². The van der Waals surface area contributed by atoms with E-state index in [2.05, 4.69) is 65.1 Å². The number of hydrogen-bond donors (Lipinski definition) is 1. The van der Waals surface area contributed by atoms with Crippen molar-refractivity contribution < 1.29 is 0 Å². The van der Waals surface area contributed by atoms with Crippen molar-refractivity contribution in [2.24, 2.45) is 0 Å². The van der Waals surface area contributed by atoms with Gasteiger partial charge < -0.3 is 5.32 Å². The predicted octanol–water partition coefficient (Wildman–Crippen LogP) is 3.83. The maximum atomic E-state index is 3.38. The average molecular weight is 233 g/mol. The first-order valence-electron chi connectivity index (χ1n) is 6.45. The molecule has 0 aliphatic heterocycles. The molecule has 0 aliphatic carbocycles. The molecule has 1 N–H and O–H groups in total. The second kappa shape index (κ2) is 4.81. The van der Waals surface area contributed by atoms with Crippen LogP contribution in [-0.2, 0) is 11.8 Å². The molecule has 0 amide bonds. The quantitative estimate of drug-likeness (QED) is 0.836. The first-order valence-corrected chi connectivity index (χ1v) is 6.45. The Labute approximate surface area is 107 Å². The first-order chi connectivity index (χ1) is 7.65. The average Bonchev–Trinajstić information content (AvgIpc) is 2.19. The summed E-state index contributed by atoms with van der Waals surface area (Å²) in [7, 11) is 2.03. The molecule has 0 radical (unpaired) electrons. The van der Waals surface area contributed by atoms with Crippen molar-refractivity contribution in [2.75, 3.05) is 7.05 Å². The lowest BCUT2D eigenvalue weighted by molar-refractivity contribution is 0.421. The number of benzene rings is 1. The van der Waals surface area contributed by atoms with Crippen LogP contribution in [0.5, 0.6) is 0 Å². The van der Waals surface area contributed by atoms with Crippen LogP contribution in [0, 0.1) is 6.92 Å². The second-order valence-corrected chi connectivity index (χ2v) is 6.70. The number of likely N-dealkylation sites (N-methyl/N-ethyl adjacent to an activating group) is 1. The number of rotatable bonds is 3. The Morgan fingerprint density at radius 2 is 1.65 bits per heavy atom. The first kappa shape index (κ1) is 14.2. The topological polar surface area (TPSA) is 12.0 Å². The molecule has 0 heterocycles. The number of nitrogens with one attached hydrogen (secondary N) is 1. The lowest BCUT2D eigenvalue weighted by Gasteiger charge is -2.27. The van der Waals surface area contributed by atoms with Gasteiger partial charge >= 0.3 is 0 Å². The summed E-state index contributed by atoms with van der Waals surface area (Å²) in [5, 5.41) is 3.38. The Bertz CT molecular complexity index is 383. The highest BCUT2D eigenvalue weighted by atomic mass is 14.9. The SMILES string of the molecule is CNC(C)(C)Cc1cc(C(C)(C)C)ccc1C. The van der Waals surface area contributed by atoms with Crippen molar-refractivity contribution in [3.63, 3.8) is 0 Å². The van der Waals surface area contributed by atoms with E-state index in [9.17, 15) is 0 Å². The molecule has 1 rings (SSSR count). The van der Waals surface area contributed by atoms with Gasteiger partial charge in [-0.05, 0) is 56.3 Å². The monoisotopic (exact) mass is 233 g/mol. The van der Waals surface area contributed by atoms with Crippen molar-refractivity contribution in [3.05, 3.63) is 34.9 Å². The summed E-state index contributed by atoms with van der Waals surface area (Å²) in [6.07, 6.45) is 1.07. The molecule has 0 spiro atoms. The highest BCUT2D eigenvalue weighted by Crippen LogP contribution is 2.26. The van der Waals surface area contributed by atoms with Crippen LogP contribution in [0.25, 0.3) is 0 Å². The zero-order valence-corrected chi connectivity index (χ0v) is 12.4. The van der Waals surface area contributed by atoms with Gasteiger partial charge in [-0.3, -0.25) is 0 Å². The summed E-state index contributed by atoms with van der Waals surface area (Å²) < 4.78 is 0. The third kappa shape index (κ3) is 3.85. The Balaban J connectivity index is 3.08. The normalized spacial score (nSPS) is 12.9. The molecular weight excluding hydrogens is 206 g/mol. The van der Waals surface area contributed by atoms with Gasteiger partial charge in [0, 0.05) is 5.54 Å². The van der Waals surface area contributed by atoms with Crippen LogP contribution in [0.1, 0.15) is 51.3 Å². The smallest absolute Gasteiger partial charge is 0.0162 e. The lowest BCUT2D eigenvalue weighted by Crippen LogP contribution is -2.38. The number of hydrogen-bond acceptors (Lipinski definition) is 1.